The van der Waals surface area contributed by atoms with E-state index in [0.29, 0.717) is 17.5 Å². The second kappa shape index (κ2) is 6.07. The quantitative estimate of drug-likeness (QED) is 0.756. The van der Waals surface area contributed by atoms with Gasteiger partial charge >= 0.3 is 5.69 Å². The fourth-order valence-electron chi connectivity index (χ4n) is 2.98. The Bertz CT molecular complexity index is 1090. The monoisotopic (exact) mass is 374 g/mol. The zero-order chi connectivity index (χ0) is 19.3. The van der Waals surface area contributed by atoms with E-state index < -0.39 is 29.5 Å². The lowest BCUT2D eigenvalue weighted by atomic mass is 10.1. The third-order valence-corrected chi connectivity index (χ3v) is 4.58. The van der Waals surface area contributed by atoms with Crippen LogP contribution in [0.1, 0.15) is 24.6 Å². The number of benzene rings is 1. The molecule has 1 fully saturated rings. The first kappa shape index (κ1) is 17.5. The molecule has 8 heteroatoms. The van der Waals surface area contributed by atoms with Crippen molar-refractivity contribution >= 4 is 16.9 Å². The van der Waals surface area contributed by atoms with Gasteiger partial charge in [-0.25, -0.2) is 18.7 Å². The highest BCUT2D eigenvalue weighted by Gasteiger charge is 2.38. The zero-order valence-corrected chi connectivity index (χ0v) is 14.7. The van der Waals surface area contributed by atoms with Crippen molar-refractivity contribution < 1.29 is 13.2 Å². The van der Waals surface area contributed by atoms with E-state index in [1.165, 1.54) is 16.7 Å². The van der Waals surface area contributed by atoms with Crippen LogP contribution in [0.4, 0.5) is 19.0 Å². The number of rotatable bonds is 4. The van der Waals surface area contributed by atoms with E-state index in [-0.39, 0.29) is 11.5 Å². The van der Waals surface area contributed by atoms with Crippen LogP contribution in [0.25, 0.3) is 16.7 Å². The van der Waals surface area contributed by atoms with Gasteiger partial charge < -0.3 is 5.32 Å². The van der Waals surface area contributed by atoms with Crippen LogP contribution in [0.15, 0.2) is 41.2 Å². The smallest absolute Gasteiger partial charge is 0.355 e. The fraction of sp³-hybridized carbons (Fsp3) is 0.316. The molecule has 1 aromatic carbocycles. The van der Waals surface area contributed by atoms with Gasteiger partial charge in [-0.2, -0.15) is 13.8 Å². The number of aryl methyl sites for hydroxylation is 1. The van der Waals surface area contributed by atoms with Gasteiger partial charge in [0.25, 0.3) is 5.92 Å². The van der Waals surface area contributed by atoms with Gasteiger partial charge in [-0.15, -0.1) is 0 Å². The average Bonchev–Trinajstić information content (AvgIpc) is 3.30. The van der Waals surface area contributed by atoms with Crippen LogP contribution in [0.3, 0.4) is 0 Å². The molecule has 4 rings (SSSR count). The summed E-state index contributed by atoms with van der Waals surface area (Å²) in [7, 11) is 0. The number of hydrogen-bond acceptors (Lipinski definition) is 4. The first-order valence-electron chi connectivity index (χ1n) is 8.54. The average molecular weight is 374 g/mol. The standard InChI is InChI=1S/C19H17F3N4O/c1-10-5-3-4-6-14(10)26-17-11(7-8-15(24-17)19(2,21)22)16(25-18(26)27)23-13-9-12(13)20/h3-8,12-13H,9H2,1-2H3,(H,23,25,27)/t12-,13+/m1/s1. The van der Waals surface area contributed by atoms with Gasteiger partial charge in [0.2, 0.25) is 0 Å². The SMILES string of the molecule is Cc1ccccc1-n1c(=O)nc(N[C@H]2C[C@H]2F)c2ccc(C(C)(F)F)nc21. The Kier molecular flexibility index (Phi) is 3.94. The lowest BCUT2D eigenvalue weighted by molar-refractivity contribution is 0.0130. The van der Waals surface area contributed by atoms with Gasteiger partial charge in [0.05, 0.1) is 17.1 Å². The molecule has 2 atom stereocenters. The van der Waals surface area contributed by atoms with E-state index in [1.54, 1.807) is 25.1 Å². The van der Waals surface area contributed by atoms with Gasteiger partial charge in [0.1, 0.15) is 17.7 Å². The van der Waals surface area contributed by atoms with Crippen molar-refractivity contribution in [2.24, 2.45) is 0 Å². The minimum Gasteiger partial charge on any atom is -0.364 e. The van der Waals surface area contributed by atoms with Crippen LogP contribution in [0.2, 0.25) is 0 Å². The summed E-state index contributed by atoms with van der Waals surface area (Å²) in [6.45, 7) is 2.55. The van der Waals surface area contributed by atoms with E-state index in [4.69, 9.17) is 0 Å². The van der Waals surface area contributed by atoms with Crippen molar-refractivity contribution in [3.63, 3.8) is 0 Å². The minimum absolute atomic E-state index is 0.0573. The Morgan fingerprint density at radius 2 is 1.89 bits per heavy atom. The highest BCUT2D eigenvalue weighted by atomic mass is 19.3. The maximum absolute atomic E-state index is 13.8. The van der Waals surface area contributed by atoms with Crippen molar-refractivity contribution in [2.75, 3.05) is 5.32 Å². The number of para-hydroxylation sites is 1. The highest BCUT2D eigenvalue weighted by molar-refractivity contribution is 5.88. The number of halogens is 3. The second-order valence-electron chi connectivity index (χ2n) is 6.82. The van der Waals surface area contributed by atoms with Crippen LogP contribution in [0.5, 0.6) is 0 Å². The van der Waals surface area contributed by atoms with Gasteiger partial charge in [-0.05, 0) is 30.7 Å². The Morgan fingerprint density at radius 3 is 2.52 bits per heavy atom. The van der Waals surface area contributed by atoms with Gasteiger partial charge in [-0.3, -0.25) is 0 Å². The number of nitrogens with zero attached hydrogens (tertiary/aromatic N) is 3. The third-order valence-electron chi connectivity index (χ3n) is 4.58. The lowest BCUT2D eigenvalue weighted by Gasteiger charge is -2.16. The Hall–Kier alpha value is -2.90. The fourth-order valence-corrected chi connectivity index (χ4v) is 2.98. The van der Waals surface area contributed by atoms with E-state index in [9.17, 15) is 18.0 Å². The lowest BCUT2D eigenvalue weighted by Crippen LogP contribution is -2.26. The number of alkyl halides is 3. The number of nitrogens with one attached hydrogen (secondary N) is 1. The van der Waals surface area contributed by atoms with E-state index >= 15 is 0 Å². The molecule has 3 aromatic rings. The molecule has 0 spiro atoms. The molecule has 2 heterocycles. The number of pyridine rings is 1. The molecule has 0 aliphatic heterocycles. The maximum Gasteiger partial charge on any atom is 0.355 e. The summed E-state index contributed by atoms with van der Waals surface area (Å²) >= 11 is 0. The molecule has 2 aromatic heterocycles. The Morgan fingerprint density at radius 1 is 1.19 bits per heavy atom. The van der Waals surface area contributed by atoms with Crippen LogP contribution in [-0.4, -0.2) is 26.7 Å². The summed E-state index contributed by atoms with van der Waals surface area (Å²) in [5.74, 6) is -3.01. The van der Waals surface area contributed by atoms with Crippen molar-refractivity contribution in [1.82, 2.24) is 14.5 Å². The first-order valence-corrected chi connectivity index (χ1v) is 8.54. The molecule has 1 aliphatic rings. The molecule has 0 bridgehead atoms. The molecular formula is C19H17F3N4O. The predicted molar refractivity (Wildman–Crippen MR) is 96.4 cm³/mol. The largest absolute Gasteiger partial charge is 0.364 e. The first-order chi connectivity index (χ1) is 12.8. The molecule has 0 radical (unpaired) electrons. The molecule has 140 valence electrons. The molecular weight excluding hydrogens is 357 g/mol. The molecule has 5 nitrogen and oxygen atoms in total. The highest BCUT2D eigenvalue weighted by Crippen LogP contribution is 2.33. The van der Waals surface area contributed by atoms with Crippen molar-refractivity contribution in [3.8, 4) is 5.69 Å². The molecule has 0 amide bonds. The van der Waals surface area contributed by atoms with E-state index in [1.807, 2.05) is 6.07 Å². The number of hydrogen-bond donors (Lipinski definition) is 1. The summed E-state index contributed by atoms with van der Waals surface area (Å²) in [5.41, 5.74) is 0.209. The van der Waals surface area contributed by atoms with Gasteiger partial charge in [0.15, 0.2) is 5.65 Å². The summed E-state index contributed by atoms with van der Waals surface area (Å²) in [4.78, 5) is 20.8. The van der Waals surface area contributed by atoms with E-state index in [0.717, 1.165) is 12.5 Å². The van der Waals surface area contributed by atoms with Crippen molar-refractivity contribution in [1.29, 1.82) is 0 Å². The van der Waals surface area contributed by atoms with Crippen LogP contribution in [0, 0.1) is 6.92 Å². The normalized spacial score (nSPS) is 19.3. The summed E-state index contributed by atoms with van der Waals surface area (Å²) in [6.07, 6.45) is -0.685. The number of anilines is 1. The van der Waals surface area contributed by atoms with Crippen molar-refractivity contribution in [2.45, 2.75) is 38.4 Å². The third kappa shape index (κ3) is 3.15. The summed E-state index contributed by atoms with van der Waals surface area (Å²) < 4.78 is 42.2. The molecule has 27 heavy (non-hydrogen) atoms. The molecule has 0 saturated heterocycles. The molecule has 1 saturated carbocycles. The Balaban J connectivity index is 2.01. The maximum atomic E-state index is 13.8. The molecule has 0 unspecified atom stereocenters. The molecule has 1 aliphatic carbocycles. The minimum atomic E-state index is -3.17. The van der Waals surface area contributed by atoms with Crippen LogP contribution >= 0.6 is 0 Å². The Labute approximate surface area is 152 Å². The summed E-state index contributed by atoms with van der Waals surface area (Å²) in [5, 5.41) is 3.25. The molecule has 1 N–H and O–H groups in total. The van der Waals surface area contributed by atoms with Gasteiger partial charge in [0, 0.05) is 13.3 Å². The predicted octanol–water partition coefficient (Wildman–Crippen LogP) is 3.72. The summed E-state index contributed by atoms with van der Waals surface area (Å²) in [6, 6.07) is 9.25. The van der Waals surface area contributed by atoms with E-state index in [2.05, 4.69) is 15.3 Å². The number of aromatic nitrogens is 3. The number of fused-ring (bicyclic) bond motifs is 1. The van der Waals surface area contributed by atoms with Crippen LogP contribution < -0.4 is 11.0 Å². The second-order valence-corrected chi connectivity index (χ2v) is 6.82. The van der Waals surface area contributed by atoms with Crippen LogP contribution in [-0.2, 0) is 5.92 Å². The topological polar surface area (TPSA) is 59.8 Å². The van der Waals surface area contributed by atoms with Gasteiger partial charge in [-0.1, -0.05) is 18.2 Å². The van der Waals surface area contributed by atoms with Crippen molar-refractivity contribution in [3.05, 3.63) is 58.1 Å². The zero-order valence-electron chi connectivity index (χ0n) is 14.7.